The molecule has 1 heterocycles. The molecule has 0 spiro atoms. The molecule has 0 aliphatic carbocycles. The summed E-state index contributed by atoms with van der Waals surface area (Å²) in [5, 5.41) is 0. The molecule has 1 fully saturated rings. The van der Waals surface area contributed by atoms with Crippen molar-refractivity contribution in [3.05, 3.63) is 54.1 Å². The Balaban J connectivity index is 1.94. The fourth-order valence-electron chi connectivity index (χ4n) is 1.59. The second kappa shape index (κ2) is 6.05. The summed E-state index contributed by atoms with van der Waals surface area (Å²) in [5.74, 6) is 0. The molecule has 2 rings (SSSR count). The molecule has 1 saturated heterocycles. The molecule has 0 bridgehead atoms. The van der Waals surface area contributed by atoms with Gasteiger partial charge in [0.1, 0.15) is 0 Å². The Morgan fingerprint density at radius 3 is 2.82 bits per heavy atom. The quantitative estimate of drug-likeness (QED) is 0.441. The molecular formula is C14H17NOS. The zero-order chi connectivity index (χ0) is 12.1. The van der Waals surface area contributed by atoms with Gasteiger partial charge in [0, 0.05) is 4.90 Å². The van der Waals surface area contributed by atoms with Crippen LogP contribution < -0.4 is 0 Å². The van der Waals surface area contributed by atoms with E-state index in [4.69, 9.17) is 4.84 Å². The predicted octanol–water partition coefficient (Wildman–Crippen LogP) is 4.18. The molecule has 3 heteroatoms. The van der Waals surface area contributed by atoms with Crippen LogP contribution in [0, 0.1) is 0 Å². The van der Waals surface area contributed by atoms with Crippen molar-refractivity contribution in [2.75, 3.05) is 0 Å². The standard InChI is InChI=1S/C14H17NOS/c1-3-8-12(9-4-2)14-15(16-14)17-13-10-6-5-7-11-13/h3,5-11,14H,4H2,1-2H3/b8-3-,12-9+. The van der Waals surface area contributed by atoms with Crippen LogP contribution in [0.5, 0.6) is 0 Å². The summed E-state index contributed by atoms with van der Waals surface area (Å²) in [7, 11) is 0. The van der Waals surface area contributed by atoms with Gasteiger partial charge in [-0.1, -0.05) is 47.8 Å². The predicted molar refractivity (Wildman–Crippen MR) is 72.2 cm³/mol. The first kappa shape index (κ1) is 12.4. The van der Waals surface area contributed by atoms with E-state index in [9.17, 15) is 0 Å². The third-order valence-electron chi connectivity index (χ3n) is 2.37. The molecule has 90 valence electrons. The van der Waals surface area contributed by atoms with Crippen molar-refractivity contribution < 1.29 is 4.84 Å². The Kier molecular flexibility index (Phi) is 4.42. The molecule has 2 nitrogen and oxygen atoms in total. The Hall–Kier alpha value is -1.03. The second-order valence-electron chi connectivity index (χ2n) is 3.76. The highest BCUT2D eigenvalue weighted by molar-refractivity contribution is 7.97. The molecular weight excluding hydrogens is 230 g/mol. The first-order chi connectivity index (χ1) is 8.35. The highest BCUT2D eigenvalue weighted by Gasteiger charge is 2.39. The van der Waals surface area contributed by atoms with E-state index < -0.39 is 0 Å². The molecule has 17 heavy (non-hydrogen) atoms. The van der Waals surface area contributed by atoms with Crippen LogP contribution in [-0.4, -0.2) is 10.7 Å². The van der Waals surface area contributed by atoms with Crippen LogP contribution in [0.25, 0.3) is 0 Å². The fraction of sp³-hybridized carbons (Fsp3) is 0.286. The van der Waals surface area contributed by atoms with Gasteiger partial charge in [-0.3, -0.25) is 4.84 Å². The number of hydroxylamine groups is 1. The van der Waals surface area contributed by atoms with Crippen LogP contribution in [0.2, 0.25) is 0 Å². The van der Waals surface area contributed by atoms with Gasteiger partial charge in [-0.15, -0.1) is 0 Å². The van der Waals surface area contributed by atoms with Gasteiger partial charge in [0.05, 0.1) is 0 Å². The van der Waals surface area contributed by atoms with Gasteiger partial charge in [-0.25, -0.2) is 0 Å². The summed E-state index contributed by atoms with van der Waals surface area (Å²) in [5.41, 5.74) is 1.23. The highest BCUT2D eigenvalue weighted by atomic mass is 32.2. The van der Waals surface area contributed by atoms with E-state index in [1.807, 2.05) is 29.6 Å². The number of rotatable bonds is 5. The van der Waals surface area contributed by atoms with Crippen molar-refractivity contribution in [1.29, 1.82) is 0 Å². The summed E-state index contributed by atoms with van der Waals surface area (Å²) in [6, 6.07) is 10.3. The van der Waals surface area contributed by atoms with E-state index in [0.29, 0.717) is 0 Å². The maximum Gasteiger partial charge on any atom is 0.192 e. The van der Waals surface area contributed by atoms with Crippen molar-refractivity contribution in [2.45, 2.75) is 31.4 Å². The minimum absolute atomic E-state index is 0.108. The molecule has 1 aliphatic rings. The van der Waals surface area contributed by atoms with E-state index in [0.717, 1.165) is 6.42 Å². The fourth-order valence-corrected chi connectivity index (χ4v) is 2.42. The lowest BCUT2D eigenvalue weighted by Crippen LogP contribution is -1.95. The first-order valence-electron chi connectivity index (χ1n) is 5.87. The molecule has 2 unspecified atom stereocenters. The summed E-state index contributed by atoms with van der Waals surface area (Å²) in [6.45, 7) is 4.17. The van der Waals surface area contributed by atoms with Crippen LogP contribution in [-0.2, 0) is 4.84 Å². The second-order valence-corrected chi connectivity index (χ2v) is 4.77. The molecule has 2 atom stereocenters. The molecule has 1 aromatic rings. The van der Waals surface area contributed by atoms with Crippen LogP contribution in [0.15, 0.2) is 59.0 Å². The lowest BCUT2D eigenvalue weighted by atomic mass is 10.2. The lowest BCUT2D eigenvalue weighted by molar-refractivity contribution is 0.305. The van der Waals surface area contributed by atoms with Gasteiger partial charge >= 0.3 is 0 Å². The number of allylic oxidation sites excluding steroid dienone is 2. The molecule has 0 aromatic heterocycles. The Bertz CT molecular complexity index is 413. The molecule has 1 aliphatic heterocycles. The van der Waals surface area contributed by atoms with E-state index in [1.165, 1.54) is 10.5 Å². The van der Waals surface area contributed by atoms with E-state index in [-0.39, 0.29) is 6.23 Å². The number of hydrogen-bond donors (Lipinski definition) is 0. The topological polar surface area (TPSA) is 15.5 Å². The van der Waals surface area contributed by atoms with Gasteiger partial charge < -0.3 is 0 Å². The number of hydrogen-bond acceptors (Lipinski definition) is 3. The van der Waals surface area contributed by atoms with Crippen LogP contribution >= 0.6 is 11.9 Å². The summed E-state index contributed by atoms with van der Waals surface area (Å²) in [6.07, 6.45) is 7.50. The van der Waals surface area contributed by atoms with Crippen molar-refractivity contribution in [3.63, 3.8) is 0 Å². The summed E-state index contributed by atoms with van der Waals surface area (Å²) in [4.78, 5) is 6.77. The third kappa shape index (κ3) is 3.46. The van der Waals surface area contributed by atoms with Crippen LogP contribution in [0.1, 0.15) is 20.3 Å². The maximum atomic E-state index is 5.56. The zero-order valence-corrected chi connectivity index (χ0v) is 11.0. The molecule has 1 aromatic carbocycles. The van der Waals surface area contributed by atoms with Crippen molar-refractivity contribution in [2.24, 2.45) is 0 Å². The Labute approximate surface area is 107 Å². The third-order valence-corrected chi connectivity index (χ3v) is 3.31. The zero-order valence-electron chi connectivity index (χ0n) is 10.2. The number of nitrogens with zero attached hydrogens (tertiary/aromatic N) is 1. The Morgan fingerprint density at radius 1 is 1.41 bits per heavy atom. The van der Waals surface area contributed by atoms with Gasteiger partial charge in [0.2, 0.25) is 0 Å². The minimum atomic E-state index is 0.108. The number of benzene rings is 1. The largest absolute Gasteiger partial charge is 0.258 e. The average molecular weight is 247 g/mol. The normalized spacial score (nSPS) is 24.2. The molecule has 0 saturated carbocycles. The summed E-state index contributed by atoms with van der Waals surface area (Å²) < 4.78 is 1.93. The van der Waals surface area contributed by atoms with Crippen LogP contribution in [0.3, 0.4) is 0 Å². The average Bonchev–Trinajstić information content (AvgIpc) is 3.09. The minimum Gasteiger partial charge on any atom is -0.258 e. The van der Waals surface area contributed by atoms with E-state index >= 15 is 0 Å². The summed E-state index contributed by atoms with van der Waals surface area (Å²) >= 11 is 1.63. The maximum absolute atomic E-state index is 5.56. The van der Waals surface area contributed by atoms with Crippen LogP contribution in [0.4, 0.5) is 0 Å². The SMILES string of the molecule is C/C=C\C(=C/CC)C1ON1Sc1ccccc1. The van der Waals surface area contributed by atoms with Gasteiger partial charge in [0.15, 0.2) is 6.23 Å². The van der Waals surface area contributed by atoms with Gasteiger partial charge in [0.25, 0.3) is 0 Å². The van der Waals surface area contributed by atoms with Crippen molar-refractivity contribution in [1.82, 2.24) is 4.47 Å². The Morgan fingerprint density at radius 2 is 2.18 bits per heavy atom. The van der Waals surface area contributed by atoms with E-state index in [1.54, 1.807) is 11.9 Å². The smallest absolute Gasteiger partial charge is 0.192 e. The van der Waals surface area contributed by atoms with E-state index in [2.05, 4.69) is 37.3 Å². The molecule has 0 amide bonds. The van der Waals surface area contributed by atoms with Crippen molar-refractivity contribution >= 4 is 11.9 Å². The van der Waals surface area contributed by atoms with Gasteiger partial charge in [-0.2, -0.15) is 0 Å². The highest BCUT2D eigenvalue weighted by Crippen LogP contribution is 2.39. The lowest BCUT2D eigenvalue weighted by Gasteiger charge is -1.98. The van der Waals surface area contributed by atoms with Gasteiger partial charge in [-0.05, 0) is 43.0 Å². The van der Waals surface area contributed by atoms with Crippen molar-refractivity contribution in [3.8, 4) is 0 Å². The first-order valence-corrected chi connectivity index (χ1v) is 6.64. The molecule has 0 radical (unpaired) electrons. The monoisotopic (exact) mass is 247 g/mol. The molecule has 0 N–H and O–H groups in total.